The number of aromatic nitrogens is 3. The largest absolute Gasteiger partial charge is 0.497 e. The number of methoxy groups -OCH3 is 1. The monoisotopic (exact) mass is 441 g/mol. The van der Waals surface area contributed by atoms with E-state index in [0.717, 1.165) is 68.0 Å². The van der Waals surface area contributed by atoms with Crippen LogP contribution in [0.1, 0.15) is 44.5 Å². The van der Waals surface area contributed by atoms with Gasteiger partial charge in [0.2, 0.25) is 0 Å². The van der Waals surface area contributed by atoms with Crippen molar-refractivity contribution < 1.29 is 4.74 Å². The second-order valence-corrected chi connectivity index (χ2v) is 8.54. The molecule has 8 heteroatoms. The summed E-state index contributed by atoms with van der Waals surface area (Å²) in [6, 6.07) is 8.07. The van der Waals surface area contributed by atoms with Crippen molar-refractivity contribution in [2.45, 2.75) is 52.6 Å². The molecule has 1 fully saturated rings. The quantitative estimate of drug-likeness (QED) is 0.317. The van der Waals surface area contributed by atoms with Gasteiger partial charge in [0, 0.05) is 26.1 Å². The van der Waals surface area contributed by atoms with Crippen molar-refractivity contribution in [1.29, 1.82) is 0 Å². The normalized spacial score (nSPS) is 15.7. The Kier molecular flexibility index (Phi) is 9.81. The van der Waals surface area contributed by atoms with Crippen LogP contribution in [-0.4, -0.2) is 65.5 Å². The molecule has 0 bridgehead atoms. The SMILES string of the molecule is CCc1nncn1CCNC(=NCc1ccc(OC)cc1)NCCCN1CCC(C)CC1. The third kappa shape index (κ3) is 7.82. The lowest BCUT2D eigenvalue weighted by molar-refractivity contribution is 0.191. The molecule has 0 radical (unpaired) electrons. The van der Waals surface area contributed by atoms with Gasteiger partial charge >= 0.3 is 0 Å². The minimum absolute atomic E-state index is 0.621. The number of rotatable bonds is 11. The molecule has 1 saturated heterocycles. The smallest absolute Gasteiger partial charge is 0.191 e. The first-order valence-corrected chi connectivity index (χ1v) is 11.9. The number of ether oxygens (including phenoxy) is 1. The van der Waals surface area contributed by atoms with Crippen LogP contribution >= 0.6 is 0 Å². The predicted octanol–water partition coefficient (Wildman–Crippen LogP) is 2.71. The van der Waals surface area contributed by atoms with Crippen molar-refractivity contribution in [2.75, 3.05) is 39.8 Å². The number of nitrogens with zero attached hydrogens (tertiary/aromatic N) is 5. The Labute approximate surface area is 192 Å². The number of hydrogen-bond acceptors (Lipinski definition) is 5. The molecule has 3 rings (SSSR count). The lowest BCUT2D eigenvalue weighted by atomic mass is 9.99. The Morgan fingerprint density at radius 3 is 2.59 bits per heavy atom. The number of hydrogen-bond donors (Lipinski definition) is 2. The molecule has 0 spiro atoms. The third-order valence-corrected chi connectivity index (χ3v) is 6.06. The van der Waals surface area contributed by atoms with Gasteiger partial charge in [0.25, 0.3) is 0 Å². The van der Waals surface area contributed by atoms with Gasteiger partial charge in [0.1, 0.15) is 17.9 Å². The highest BCUT2D eigenvalue weighted by molar-refractivity contribution is 5.79. The van der Waals surface area contributed by atoms with Gasteiger partial charge in [-0.3, -0.25) is 0 Å². The highest BCUT2D eigenvalue weighted by Gasteiger charge is 2.14. The molecular formula is C24H39N7O. The highest BCUT2D eigenvalue weighted by atomic mass is 16.5. The highest BCUT2D eigenvalue weighted by Crippen LogP contribution is 2.15. The minimum Gasteiger partial charge on any atom is -0.497 e. The van der Waals surface area contributed by atoms with E-state index in [1.807, 2.05) is 12.1 Å². The van der Waals surface area contributed by atoms with E-state index in [0.29, 0.717) is 6.54 Å². The van der Waals surface area contributed by atoms with Crippen molar-refractivity contribution in [3.63, 3.8) is 0 Å². The van der Waals surface area contributed by atoms with E-state index in [-0.39, 0.29) is 0 Å². The number of benzene rings is 1. The number of guanidine groups is 1. The zero-order valence-electron chi connectivity index (χ0n) is 19.9. The Balaban J connectivity index is 1.49. The number of aliphatic imine (C=N–C) groups is 1. The standard InChI is InChI=1S/C24H39N7O/c1-4-23-29-28-19-31(23)17-13-26-24(27-18-21-6-8-22(32-3)9-7-21)25-12-5-14-30-15-10-20(2)11-16-30/h6-9,19-20H,4-5,10-18H2,1-3H3,(H2,25,26,27). The van der Waals surface area contributed by atoms with Crippen LogP contribution in [0.15, 0.2) is 35.6 Å². The summed E-state index contributed by atoms with van der Waals surface area (Å²) in [5.41, 5.74) is 1.15. The molecule has 0 aliphatic carbocycles. The van der Waals surface area contributed by atoms with Crippen molar-refractivity contribution in [2.24, 2.45) is 10.9 Å². The Bertz CT molecular complexity index is 810. The van der Waals surface area contributed by atoms with Gasteiger partial charge in [-0.25, -0.2) is 4.99 Å². The fraction of sp³-hybridized carbons (Fsp3) is 0.625. The summed E-state index contributed by atoms with van der Waals surface area (Å²) in [5, 5.41) is 15.2. The number of nitrogens with one attached hydrogen (secondary N) is 2. The number of likely N-dealkylation sites (tertiary alicyclic amines) is 1. The topological polar surface area (TPSA) is 79.6 Å². The molecule has 176 valence electrons. The van der Waals surface area contributed by atoms with Crippen LogP contribution in [-0.2, 0) is 19.5 Å². The van der Waals surface area contributed by atoms with Crippen LogP contribution in [0.5, 0.6) is 5.75 Å². The Morgan fingerprint density at radius 2 is 1.88 bits per heavy atom. The molecular weight excluding hydrogens is 402 g/mol. The third-order valence-electron chi connectivity index (χ3n) is 6.06. The summed E-state index contributed by atoms with van der Waals surface area (Å²) in [6.45, 7) is 11.2. The molecule has 0 unspecified atom stereocenters. The molecule has 1 aliphatic rings. The van der Waals surface area contributed by atoms with Gasteiger partial charge in [-0.1, -0.05) is 26.0 Å². The average molecular weight is 442 g/mol. The Hall–Kier alpha value is -2.61. The summed E-state index contributed by atoms with van der Waals surface area (Å²) in [7, 11) is 1.68. The van der Waals surface area contributed by atoms with Crippen LogP contribution in [0.4, 0.5) is 0 Å². The average Bonchev–Trinajstić information content (AvgIpc) is 3.28. The lowest BCUT2D eigenvalue weighted by Gasteiger charge is -2.30. The summed E-state index contributed by atoms with van der Waals surface area (Å²) in [5.74, 6) is 3.60. The molecule has 1 aromatic heterocycles. The van der Waals surface area contributed by atoms with E-state index < -0.39 is 0 Å². The lowest BCUT2D eigenvalue weighted by Crippen LogP contribution is -2.41. The van der Waals surface area contributed by atoms with Gasteiger partial charge in [-0.15, -0.1) is 10.2 Å². The molecule has 32 heavy (non-hydrogen) atoms. The van der Waals surface area contributed by atoms with Gasteiger partial charge in [-0.05, 0) is 62.5 Å². The zero-order valence-corrected chi connectivity index (χ0v) is 19.9. The van der Waals surface area contributed by atoms with Crippen molar-refractivity contribution in [1.82, 2.24) is 30.3 Å². The molecule has 2 aromatic rings. The summed E-state index contributed by atoms with van der Waals surface area (Å²) >= 11 is 0. The molecule has 2 heterocycles. The van der Waals surface area contributed by atoms with E-state index in [2.05, 4.69) is 56.3 Å². The summed E-state index contributed by atoms with van der Waals surface area (Å²) in [4.78, 5) is 7.39. The van der Waals surface area contributed by atoms with Crippen LogP contribution in [0, 0.1) is 5.92 Å². The molecule has 2 N–H and O–H groups in total. The summed E-state index contributed by atoms with van der Waals surface area (Å²) < 4.78 is 7.34. The van der Waals surface area contributed by atoms with Gasteiger partial charge in [0.15, 0.2) is 5.96 Å². The van der Waals surface area contributed by atoms with Crippen molar-refractivity contribution in [3.05, 3.63) is 42.0 Å². The first-order valence-electron chi connectivity index (χ1n) is 11.9. The number of piperidine rings is 1. The maximum Gasteiger partial charge on any atom is 0.191 e. The molecule has 1 aliphatic heterocycles. The van der Waals surface area contributed by atoms with Gasteiger partial charge in [-0.2, -0.15) is 0 Å². The maximum absolute atomic E-state index is 5.25. The maximum atomic E-state index is 5.25. The Morgan fingerprint density at radius 1 is 1.12 bits per heavy atom. The predicted molar refractivity (Wildman–Crippen MR) is 129 cm³/mol. The van der Waals surface area contributed by atoms with Crippen LogP contribution in [0.25, 0.3) is 0 Å². The summed E-state index contributed by atoms with van der Waals surface area (Å²) in [6.07, 6.45) is 6.44. The molecule has 8 nitrogen and oxygen atoms in total. The molecule has 0 atom stereocenters. The van der Waals surface area contributed by atoms with Crippen LogP contribution in [0.2, 0.25) is 0 Å². The van der Waals surface area contributed by atoms with Crippen molar-refractivity contribution >= 4 is 5.96 Å². The van der Waals surface area contributed by atoms with E-state index in [1.165, 1.54) is 25.9 Å². The first kappa shape index (κ1) is 24.0. The van der Waals surface area contributed by atoms with Crippen LogP contribution in [0.3, 0.4) is 0 Å². The molecule has 0 amide bonds. The number of aryl methyl sites for hydroxylation is 1. The van der Waals surface area contributed by atoms with Crippen LogP contribution < -0.4 is 15.4 Å². The van der Waals surface area contributed by atoms with E-state index in [4.69, 9.17) is 9.73 Å². The van der Waals surface area contributed by atoms with E-state index in [9.17, 15) is 0 Å². The second-order valence-electron chi connectivity index (χ2n) is 8.54. The fourth-order valence-electron chi connectivity index (χ4n) is 3.90. The van der Waals surface area contributed by atoms with E-state index in [1.54, 1.807) is 13.4 Å². The van der Waals surface area contributed by atoms with Gasteiger partial charge in [0.05, 0.1) is 13.7 Å². The zero-order chi connectivity index (χ0) is 22.6. The molecule has 0 saturated carbocycles. The van der Waals surface area contributed by atoms with Crippen molar-refractivity contribution in [3.8, 4) is 5.75 Å². The van der Waals surface area contributed by atoms with Gasteiger partial charge < -0.3 is 24.8 Å². The fourth-order valence-corrected chi connectivity index (χ4v) is 3.90. The van der Waals surface area contributed by atoms with E-state index >= 15 is 0 Å². The second kappa shape index (κ2) is 13.1. The molecule has 1 aromatic carbocycles. The minimum atomic E-state index is 0.621. The first-order chi connectivity index (χ1) is 15.7.